The number of nitrogens with zero attached hydrogens (tertiary/aromatic N) is 3. The van der Waals surface area contributed by atoms with Crippen LogP contribution in [0, 0.1) is 0 Å². The van der Waals surface area contributed by atoms with Gasteiger partial charge in [-0.1, -0.05) is 0 Å². The molecule has 2 unspecified atom stereocenters. The lowest BCUT2D eigenvalue weighted by atomic mass is 10.0. The van der Waals surface area contributed by atoms with Crippen LogP contribution in [0.15, 0.2) is 11.4 Å². The zero-order valence-corrected chi connectivity index (χ0v) is 14.7. The van der Waals surface area contributed by atoms with Crippen LogP contribution in [-0.4, -0.2) is 66.2 Å². The van der Waals surface area contributed by atoms with Crippen molar-refractivity contribution >= 4 is 39.5 Å². The van der Waals surface area contributed by atoms with Crippen LogP contribution in [0.5, 0.6) is 0 Å². The number of carbonyl (C=O) groups excluding carboxylic acids is 2. The molecule has 0 aromatic carbocycles. The molecule has 0 fully saturated rings. The molecule has 124 valence electrons. The second-order valence-electron chi connectivity index (χ2n) is 5.74. The van der Waals surface area contributed by atoms with E-state index in [1.807, 2.05) is 18.4 Å². The molecule has 2 atom stereocenters. The molecule has 0 bridgehead atoms. The van der Waals surface area contributed by atoms with Gasteiger partial charge in [-0.2, -0.15) is 14.0 Å². The van der Waals surface area contributed by atoms with E-state index in [0.29, 0.717) is 13.0 Å². The van der Waals surface area contributed by atoms with Gasteiger partial charge < -0.3 is 0 Å². The van der Waals surface area contributed by atoms with Crippen molar-refractivity contribution in [2.24, 2.45) is 0 Å². The third kappa shape index (κ3) is 2.43. The Hall–Kier alpha value is -1.58. The second-order valence-corrected chi connectivity index (χ2v) is 8.75. The molecule has 9 heteroatoms. The van der Waals surface area contributed by atoms with Crippen molar-refractivity contribution in [3.63, 3.8) is 0 Å². The highest BCUT2D eigenvalue weighted by atomic mass is 32.2. The summed E-state index contributed by atoms with van der Waals surface area (Å²) in [5.41, 5.74) is 0.992. The summed E-state index contributed by atoms with van der Waals surface area (Å²) in [7, 11) is -1.15. The third-order valence-corrected chi connectivity index (χ3v) is 7.50. The van der Waals surface area contributed by atoms with Gasteiger partial charge in [0.25, 0.3) is 0 Å². The topological polar surface area (TPSA) is 77.8 Å². The molecule has 2 aliphatic rings. The first kappa shape index (κ1) is 16.3. The molecule has 0 saturated carbocycles. The average molecular weight is 356 g/mol. The number of amides is 3. The summed E-state index contributed by atoms with van der Waals surface area (Å²) >= 11 is 1.62. The van der Waals surface area contributed by atoms with Crippen molar-refractivity contribution in [3.8, 4) is 0 Å². The quantitative estimate of drug-likeness (QED) is 0.730. The van der Waals surface area contributed by atoms with Crippen molar-refractivity contribution in [1.29, 1.82) is 0 Å². The summed E-state index contributed by atoms with van der Waals surface area (Å²) in [6.07, 6.45) is 1.83. The number of rotatable bonds is 2. The first-order valence-corrected chi connectivity index (χ1v) is 9.59. The molecular weight excluding hydrogens is 338 g/mol. The number of imide groups is 1. The first-order valence-electron chi connectivity index (χ1n) is 7.21. The fourth-order valence-electron chi connectivity index (χ4n) is 3.04. The van der Waals surface area contributed by atoms with Gasteiger partial charge in [0.05, 0.1) is 14.1 Å². The van der Waals surface area contributed by atoms with Crippen LogP contribution in [0.1, 0.15) is 23.4 Å². The number of carbonyl (C=O) groups is 2. The predicted molar refractivity (Wildman–Crippen MR) is 86.3 cm³/mol. The van der Waals surface area contributed by atoms with E-state index in [1.165, 1.54) is 29.5 Å². The number of hydrogen-bond acceptors (Lipinski definition) is 5. The van der Waals surface area contributed by atoms with Crippen LogP contribution in [-0.2, 0) is 21.2 Å². The molecule has 0 spiro atoms. The van der Waals surface area contributed by atoms with E-state index in [9.17, 15) is 18.0 Å². The molecular formula is C14H18N3O4S2+. The Morgan fingerprint density at radius 1 is 1.35 bits per heavy atom. The van der Waals surface area contributed by atoms with Gasteiger partial charge >= 0.3 is 11.9 Å². The van der Waals surface area contributed by atoms with Gasteiger partial charge in [0, 0.05) is 17.5 Å². The summed E-state index contributed by atoms with van der Waals surface area (Å²) in [6.45, 7) is 2.17. The van der Waals surface area contributed by atoms with E-state index < -0.39 is 27.2 Å². The lowest BCUT2D eigenvalue weighted by Gasteiger charge is -2.34. The molecule has 7 nitrogen and oxygen atoms in total. The van der Waals surface area contributed by atoms with E-state index >= 15 is 0 Å². The van der Waals surface area contributed by atoms with Gasteiger partial charge in [0.2, 0.25) is 15.3 Å². The Morgan fingerprint density at radius 3 is 2.74 bits per heavy atom. The van der Waals surface area contributed by atoms with Crippen molar-refractivity contribution in [2.75, 3.05) is 20.6 Å². The minimum atomic E-state index is -3.90. The van der Waals surface area contributed by atoms with Crippen molar-refractivity contribution in [3.05, 3.63) is 21.9 Å². The molecule has 0 saturated heterocycles. The number of urea groups is 1. The molecule has 3 amide bonds. The lowest BCUT2D eigenvalue weighted by molar-refractivity contribution is -0.399. The Balaban J connectivity index is 2.00. The molecule has 3 heterocycles. The largest absolute Gasteiger partial charge is 0.500 e. The van der Waals surface area contributed by atoms with Gasteiger partial charge in [0.15, 0.2) is 0 Å². The average Bonchev–Trinajstić information content (AvgIpc) is 2.98. The molecule has 0 radical (unpaired) electrons. The number of hydrogen-bond donors (Lipinski definition) is 0. The molecule has 0 aliphatic carbocycles. The predicted octanol–water partition coefficient (Wildman–Crippen LogP) is 0.671. The van der Waals surface area contributed by atoms with Gasteiger partial charge in [-0.3, -0.25) is 0 Å². The Labute approximate surface area is 138 Å². The van der Waals surface area contributed by atoms with E-state index in [2.05, 4.69) is 0 Å². The van der Waals surface area contributed by atoms with Crippen LogP contribution in [0.25, 0.3) is 0 Å². The van der Waals surface area contributed by atoms with Crippen LogP contribution in [0.4, 0.5) is 4.79 Å². The number of sulfonamides is 1. The monoisotopic (exact) mass is 356 g/mol. The maximum atomic E-state index is 13.0. The van der Waals surface area contributed by atoms with Crippen molar-refractivity contribution < 1.29 is 22.6 Å². The molecule has 3 rings (SSSR count). The van der Waals surface area contributed by atoms with Crippen LogP contribution in [0.2, 0.25) is 0 Å². The summed E-state index contributed by atoms with van der Waals surface area (Å²) in [6, 6.07) is 1.08. The summed E-state index contributed by atoms with van der Waals surface area (Å²) < 4.78 is 28.5. The third-order valence-electron chi connectivity index (χ3n) is 4.39. The van der Waals surface area contributed by atoms with E-state index in [-0.39, 0.29) is 6.04 Å². The fraction of sp³-hybridized carbons (Fsp3) is 0.500. The SMILES string of the molecule is CC1c2ccsc2CCN1S(=O)(=O)C1C=[N+](C)C(=O)N(C)C1=O. The Kier molecular flexibility index (Phi) is 3.89. The van der Waals surface area contributed by atoms with Crippen LogP contribution < -0.4 is 0 Å². The summed E-state index contributed by atoms with van der Waals surface area (Å²) in [5, 5.41) is 0.591. The highest BCUT2D eigenvalue weighted by Gasteiger charge is 2.49. The maximum Gasteiger partial charge on any atom is 0.500 e. The zero-order valence-electron chi connectivity index (χ0n) is 13.1. The standard InChI is InChI=1S/C14H18N3O4S2/c1-9-10-5-7-22-11(10)4-6-17(9)23(20,21)12-8-15(2)14(19)16(3)13(12)18/h5,7-9,12H,4,6H2,1-3H3/q+1. The van der Waals surface area contributed by atoms with Gasteiger partial charge in [-0.15, -0.1) is 11.3 Å². The van der Waals surface area contributed by atoms with Crippen molar-refractivity contribution in [1.82, 2.24) is 9.21 Å². The smallest absolute Gasteiger partial charge is 0.245 e. The first-order chi connectivity index (χ1) is 10.7. The van der Waals surface area contributed by atoms with Crippen molar-refractivity contribution in [2.45, 2.75) is 24.6 Å². The Bertz CT molecular complexity index is 812. The normalized spacial score (nSPS) is 26.2. The van der Waals surface area contributed by atoms with Gasteiger partial charge in [-0.05, 0) is 30.4 Å². The van der Waals surface area contributed by atoms with E-state index in [1.54, 1.807) is 11.3 Å². The lowest BCUT2D eigenvalue weighted by Crippen LogP contribution is -2.57. The molecule has 0 N–H and O–H groups in total. The van der Waals surface area contributed by atoms with E-state index in [4.69, 9.17) is 0 Å². The second kappa shape index (κ2) is 5.50. The highest BCUT2D eigenvalue weighted by Crippen LogP contribution is 2.35. The van der Waals surface area contributed by atoms with Crippen LogP contribution >= 0.6 is 11.3 Å². The minimum Gasteiger partial charge on any atom is -0.245 e. The molecule has 1 aromatic rings. The zero-order chi connectivity index (χ0) is 16.9. The fourth-order valence-corrected chi connectivity index (χ4v) is 5.94. The highest BCUT2D eigenvalue weighted by molar-refractivity contribution is 7.91. The number of fused-ring (bicyclic) bond motifs is 1. The molecule has 2 aliphatic heterocycles. The minimum absolute atomic E-state index is 0.315. The van der Waals surface area contributed by atoms with Gasteiger partial charge in [0.1, 0.15) is 6.21 Å². The number of thiophene rings is 1. The van der Waals surface area contributed by atoms with E-state index in [0.717, 1.165) is 15.0 Å². The summed E-state index contributed by atoms with van der Waals surface area (Å²) in [4.78, 5) is 26.1. The molecule has 23 heavy (non-hydrogen) atoms. The van der Waals surface area contributed by atoms with Crippen LogP contribution in [0.3, 0.4) is 0 Å². The Morgan fingerprint density at radius 2 is 2.04 bits per heavy atom. The summed E-state index contributed by atoms with van der Waals surface area (Å²) in [5.74, 6) is -0.712. The van der Waals surface area contributed by atoms with Gasteiger partial charge in [-0.25, -0.2) is 17.8 Å². The maximum absolute atomic E-state index is 13.0. The molecule has 1 aromatic heterocycles.